The quantitative estimate of drug-likeness (QED) is 0.0363. The van der Waals surface area contributed by atoms with Crippen molar-refractivity contribution >= 4 is 53.4 Å². The third-order valence-electron chi connectivity index (χ3n) is 6.48. The average Bonchev–Trinajstić information content (AvgIpc) is 3.05. The maximum atomic E-state index is 12.4. The molecule has 0 unspecified atom stereocenters. The molecule has 0 fully saturated rings. The standard InChI is InChI=1S/C18H16ClNO5.C17H14ClNO5/c1-18(2,17(22)25-20(3)23)24-15-10-6-13(7-11-15)16(21)12-4-8-14(19)9-5-12;1-17(2,16(21)24-19-22)23-14-9-5-12(6-10-14)15(20)11-3-7-13(18)8-4-11/h4-11H,3H2,1-2H3;3-10H,1-2H3. The molecule has 14 heteroatoms. The van der Waals surface area contributed by atoms with E-state index in [9.17, 15) is 29.3 Å². The Bertz CT molecular complexity index is 1820. The fourth-order valence-corrected chi connectivity index (χ4v) is 4.16. The van der Waals surface area contributed by atoms with Crippen molar-refractivity contribution in [2.24, 2.45) is 5.34 Å². The lowest BCUT2D eigenvalue weighted by atomic mass is 10.0. The molecule has 4 aromatic carbocycles. The van der Waals surface area contributed by atoms with Gasteiger partial charge in [0, 0.05) is 37.2 Å². The van der Waals surface area contributed by atoms with Gasteiger partial charge in [-0.2, -0.15) is 0 Å². The molecule has 254 valence electrons. The number of carbonyl (C=O) groups is 4. The van der Waals surface area contributed by atoms with Gasteiger partial charge in [0.25, 0.3) is 5.97 Å². The highest BCUT2D eigenvalue weighted by Gasteiger charge is 2.33. The zero-order valence-corrected chi connectivity index (χ0v) is 28.2. The fourth-order valence-electron chi connectivity index (χ4n) is 3.90. The lowest BCUT2D eigenvalue weighted by Crippen LogP contribution is -2.40. The molecule has 4 rings (SSSR count). The summed E-state index contributed by atoms with van der Waals surface area (Å²) in [6.07, 6.45) is 0. The van der Waals surface area contributed by atoms with Crippen molar-refractivity contribution in [2.75, 3.05) is 0 Å². The largest absolute Gasteiger partial charge is 0.479 e. The van der Waals surface area contributed by atoms with Crippen molar-refractivity contribution in [3.05, 3.63) is 139 Å². The Balaban J connectivity index is 0.000000266. The molecule has 0 saturated heterocycles. The third-order valence-corrected chi connectivity index (χ3v) is 6.98. The lowest BCUT2D eigenvalue weighted by molar-refractivity contribution is -0.708. The van der Waals surface area contributed by atoms with Crippen LogP contribution in [0.25, 0.3) is 0 Å². The normalized spacial score (nSPS) is 10.8. The first kappa shape index (κ1) is 37.9. The molecule has 49 heavy (non-hydrogen) atoms. The Morgan fingerprint density at radius 2 is 0.918 bits per heavy atom. The number of hydrogen-bond donors (Lipinski definition) is 0. The van der Waals surface area contributed by atoms with Gasteiger partial charge in [0.15, 0.2) is 29.2 Å². The maximum Gasteiger partial charge on any atom is 0.381 e. The first-order valence-corrected chi connectivity index (χ1v) is 15.0. The van der Waals surface area contributed by atoms with Gasteiger partial charge in [-0.3, -0.25) is 24.4 Å². The number of ketones is 2. The summed E-state index contributed by atoms with van der Waals surface area (Å²) in [4.78, 5) is 66.3. The minimum atomic E-state index is -1.40. The van der Waals surface area contributed by atoms with E-state index in [4.69, 9.17) is 32.7 Å². The van der Waals surface area contributed by atoms with E-state index in [0.717, 1.165) is 0 Å². The van der Waals surface area contributed by atoms with Gasteiger partial charge in [-0.25, -0.2) is 4.79 Å². The number of carbonyl (C=O) groups excluding carboxylic acids is 4. The molecule has 4 aromatic rings. The molecule has 0 bridgehead atoms. The predicted octanol–water partition coefficient (Wildman–Crippen LogP) is 7.35. The van der Waals surface area contributed by atoms with E-state index in [1.807, 2.05) is 0 Å². The molecular formula is C35H30Cl2N2O10. The van der Waals surface area contributed by atoms with Crippen LogP contribution >= 0.6 is 23.2 Å². The van der Waals surface area contributed by atoms with Crippen LogP contribution in [-0.2, 0) is 19.3 Å². The minimum Gasteiger partial charge on any atom is -0.479 e. The van der Waals surface area contributed by atoms with Crippen LogP contribution in [0.2, 0.25) is 10.0 Å². The smallest absolute Gasteiger partial charge is 0.381 e. The van der Waals surface area contributed by atoms with Gasteiger partial charge in [0.1, 0.15) is 11.5 Å². The van der Waals surface area contributed by atoms with E-state index in [1.165, 1.54) is 27.7 Å². The van der Waals surface area contributed by atoms with Crippen LogP contribution in [0.1, 0.15) is 59.5 Å². The van der Waals surface area contributed by atoms with Gasteiger partial charge in [0.2, 0.25) is 5.60 Å². The Kier molecular flexibility index (Phi) is 12.7. The van der Waals surface area contributed by atoms with E-state index >= 15 is 0 Å². The Hall–Kier alpha value is -5.59. The van der Waals surface area contributed by atoms with Crippen LogP contribution in [0, 0.1) is 10.1 Å². The van der Waals surface area contributed by atoms with Crippen LogP contribution < -0.4 is 9.47 Å². The summed E-state index contributed by atoms with van der Waals surface area (Å²) in [7, 11) is 0. The van der Waals surface area contributed by atoms with Crippen LogP contribution in [-0.4, -0.2) is 46.3 Å². The van der Waals surface area contributed by atoms with E-state index in [2.05, 4.69) is 21.7 Å². The summed E-state index contributed by atoms with van der Waals surface area (Å²) >= 11 is 11.6. The average molecular weight is 710 g/mol. The SMILES string of the molecule is C=[N+]([O-])OC(=O)C(C)(C)Oc1ccc(C(=O)c2ccc(Cl)cc2)cc1.CC(C)(Oc1ccc(C(=O)c2ccc(Cl)cc2)cc1)C(=O)ON=O. The Morgan fingerprint density at radius 1 is 0.612 bits per heavy atom. The van der Waals surface area contributed by atoms with Gasteiger partial charge in [-0.05, 0) is 125 Å². The van der Waals surface area contributed by atoms with Crippen molar-refractivity contribution in [3.63, 3.8) is 0 Å². The van der Waals surface area contributed by atoms with Crippen molar-refractivity contribution in [2.45, 2.75) is 38.9 Å². The van der Waals surface area contributed by atoms with Gasteiger partial charge >= 0.3 is 5.97 Å². The molecule has 0 aromatic heterocycles. The van der Waals surface area contributed by atoms with E-state index in [1.54, 1.807) is 97.1 Å². The van der Waals surface area contributed by atoms with Gasteiger partial charge in [0.05, 0.1) is 0 Å². The molecule has 0 amide bonds. The van der Waals surface area contributed by atoms with Crippen molar-refractivity contribution in [1.29, 1.82) is 0 Å². The summed E-state index contributed by atoms with van der Waals surface area (Å²) < 4.78 is 11.0. The molecule has 0 aliphatic carbocycles. The fraction of sp³-hybridized carbons (Fsp3) is 0.171. The van der Waals surface area contributed by atoms with E-state index in [-0.39, 0.29) is 16.5 Å². The zero-order valence-electron chi connectivity index (χ0n) is 26.7. The van der Waals surface area contributed by atoms with Crippen LogP contribution in [0.4, 0.5) is 0 Å². The highest BCUT2D eigenvalue weighted by molar-refractivity contribution is 6.31. The summed E-state index contributed by atoms with van der Waals surface area (Å²) in [5.41, 5.74) is -0.863. The highest BCUT2D eigenvalue weighted by Crippen LogP contribution is 2.23. The summed E-state index contributed by atoms with van der Waals surface area (Å²) in [5, 5.41) is 13.9. The predicted molar refractivity (Wildman–Crippen MR) is 181 cm³/mol. The Morgan fingerprint density at radius 3 is 1.22 bits per heavy atom. The molecule has 0 heterocycles. The second-order valence-electron chi connectivity index (χ2n) is 11.1. The molecule has 0 saturated carbocycles. The number of benzene rings is 4. The van der Waals surface area contributed by atoms with Crippen LogP contribution in [0.15, 0.2) is 102 Å². The molecule has 0 atom stereocenters. The van der Waals surface area contributed by atoms with Crippen molar-refractivity contribution in [3.8, 4) is 11.5 Å². The Labute approximate surface area is 291 Å². The van der Waals surface area contributed by atoms with Gasteiger partial charge in [-0.1, -0.05) is 23.2 Å². The van der Waals surface area contributed by atoms with Crippen LogP contribution in [0.5, 0.6) is 11.5 Å². The summed E-state index contributed by atoms with van der Waals surface area (Å²) in [5.74, 6) is -1.45. The van der Waals surface area contributed by atoms with Gasteiger partial charge < -0.3 is 14.3 Å². The number of rotatable bonds is 12. The molecule has 0 radical (unpaired) electrons. The summed E-state index contributed by atoms with van der Waals surface area (Å²) in [6.45, 7) is 8.67. The lowest BCUT2D eigenvalue weighted by Gasteiger charge is -2.25. The van der Waals surface area contributed by atoms with Crippen molar-refractivity contribution in [1.82, 2.24) is 0 Å². The molecule has 0 spiro atoms. The minimum absolute atomic E-state index is 0.165. The number of nitrogens with zero attached hydrogens (tertiary/aromatic N) is 2. The molecular weight excluding hydrogens is 679 g/mol. The number of halogens is 2. The van der Waals surface area contributed by atoms with Crippen LogP contribution in [0.3, 0.4) is 0 Å². The monoisotopic (exact) mass is 708 g/mol. The maximum absolute atomic E-state index is 12.4. The molecule has 0 N–H and O–H groups in total. The first-order chi connectivity index (χ1) is 23.0. The third kappa shape index (κ3) is 11.0. The van der Waals surface area contributed by atoms with E-state index < -0.39 is 23.1 Å². The summed E-state index contributed by atoms with van der Waals surface area (Å²) in [6, 6.07) is 25.6. The first-order valence-electron chi connectivity index (χ1n) is 14.3. The molecule has 12 nitrogen and oxygen atoms in total. The number of hydrogen-bond acceptors (Lipinski definition) is 11. The van der Waals surface area contributed by atoms with E-state index in [0.29, 0.717) is 43.8 Å². The topological polar surface area (TPSA) is 161 Å². The second kappa shape index (κ2) is 16.5. The van der Waals surface area contributed by atoms with Crippen molar-refractivity contribution < 1.29 is 43.2 Å². The molecule has 0 aliphatic rings. The molecule has 0 aliphatic heterocycles. The van der Waals surface area contributed by atoms with Gasteiger partial charge in [-0.15, -0.1) is 4.91 Å². The highest BCUT2D eigenvalue weighted by atomic mass is 35.5. The zero-order chi connectivity index (χ0) is 36.4. The number of ether oxygens (including phenoxy) is 2. The second-order valence-corrected chi connectivity index (χ2v) is 12.0.